The molecule has 0 saturated heterocycles. The second kappa shape index (κ2) is 8.54. The van der Waals surface area contributed by atoms with Crippen LogP contribution in [0.15, 0.2) is 60.8 Å². The number of nitrogens with one attached hydrogen (secondary N) is 2. The number of anilines is 4. The van der Waals surface area contributed by atoms with Crippen LogP contribution in [0.1, 0.15) is 5.56 Å². The Balaban J connectivity index is 1.56. The molecule has 0 amide bonds. The first kappa shape index (κ1) is 18.0. The lowest BCUT2D eigenvalue weighted by molar-refractivity contribution is 0.985. The highest BCUT2D eigenvalue weighted by atomic mass is 35.5. The van der Waals surface area contributed by atoms with E-state index < -0.39 is 0 Å². The Labute approximate surface area is 159 Å². The summed E-state index contributed by atoms with van der Waals surface area (Å²) in [7, 11) is 4.05. The minimum atomic E-state index is 0.605. The average molecular weight is 368 g/mol. The first-order valence-corrected chi connectivity index (χ1v) is 8.84. The highest BCUT2D eigenvalue weighted by Crippen LogP contribution is 2.19. The second-order valence-electron chi connectivity index (χ2n) is 6.14. The number of hydrogen-bond acceptors (Lipinski definition) is 5. The van der Waals surface area contributed by atoms with Crippen molar-refractivity contribution in [3.05, 3.63) is 71.4 Å². The van der Waals surface area contributed by atoms with E-state index >= 15 is 0 Å². The first-order chi connectivity index (χ1) is 12.6. The third-order valence-corrected chi connectivity index (χ3v) is 4.17. The van der Waals surface area contributed by atoms with E-state index in [-0.39, 0.29) is 0 Å². The monoisotopic (exact) mass is 367 g/mol. The molecule has 2 aromatic carbocycles. The maximum absolute atomic E-state index is 5.90. The summed E-state index contributed by atoms with van der Waals surface area (Å²) in [5.41, 5.74) is 3.36. The molecule has 5 nitrogen and oxygen atoms in total. The van der Waals surface area contributed by atoms with E-state index in [2.05, 4.69) is 37.6 Å². The van der Waals surface area contributed by atoms with Gasteiger partial charge in [0.2, 0.25) is 5.95 Å². The van der Waals surface area contributed by atoms with E-state index in [9.17, 15) is 0 Å². The van der Waals surface area contributed by atoms with Crippen molar-refractivity contribution in [2.45, 2.75) is 6.42 Å². The maximum Gasteiger partial charge on any atom is 0.224 e. The van der Waals surface area contributed by atoms with E-state index in [1.807, 2.05) is 56.6 Å². The Bertz CT molecular complexity index is 832. The number of nitrogens with zero attached hydrogens (tertiary/aromatic N) is 3. The SMILES string of the molecule is CN(C)c1ccc(Nc2ccnc(NCCc3ccc(Cl)cc3)n2)cc1. The lowest BCUT2D eigenvalue weighted by Crippen LogP contribution is -2.09. The summed E-state index contributed by atoms with van der Waals surface area (Å²) in [6.07, 6.45) is 2.62. The van der Waals surface area contributed by atoms with Crippen molar-refractivity contribution in [2.75, 3.05) is 36.2 Å². The first-order valence-electron chi connectivity index (χ1n) is 8.46. The van der Waals surface area contributed by atoms with E-state index in [1.54, 1.807) is 6.20 Å². The third kappa shape index (κ3) is 5.10. The Morgan fingerprint density at radius 2 is 1.69 bits per heavy atom. The minimum Gasteiger partial charge on any atom is -0.378 e. The van der Waals surface area contributed by atoms with Crippen molar-refractivity contribution in [3.63, 3.8) is 0 Å². The topological polar surface area (TPSA) is 53.1 Å². The molecule has 0 aliphatic heterocycles. The summed E-state index contributed by atoms with van der Waals surface area (Å²) >= 11 is 5.90. The highest BCUT2D eigenvalue weighted by Gasteiger charge is 2.01. The third-order valence-electron chi connectivity index (χ3n) is 3.92. The molecular formula is C20H22ClN5. The Kier molecular flexibility index (Phi) is 5.92. The highest BCUT2D eigenvalue weighted by molar-refractivity contribution is 6.30. The maximum atomic E-state index is 5.90. The fourth-order valence-corrected chi connectivity index (χ4v) is 2.60. The van der Waals surface area contributed by atoms with Crippen LogP contribution < -0.4 is 15.5 Å². The minimum absolute atomic E-state index is 0.605. The van der Waals surface area contributed by atoms with Crippen LogP contribution in [0.2, 0.25) is 5.02 Å². The Hall–Kier alpha value is -2.79. The fraction of sp³-hybridized carbons (Fsp3) is 0.200. The molecule has 0 aliphatic rings. The van der Waals surface area contributed by atoms with Gasteiger partial charge in [0.15, 0.2) is 0 Å². The summed E-state index contributed by atoms with van der Waals surface area (Å²) in [5.74, 6) is 1.36. The molecule has 0 saturated carbocycles. The van der Waals surface area contributed by atoms with Crippen LogP contribution in [-0.2, 0) is 6.42 Å². The van der Waals surface area contributed by atoms with Crippen LogP contribution >= 0.6 is 11.6 Å². The molecule has 1 aromatic heterocycles. The van der Waals surface area contributed by atoms with Gasteiger partial charge in [0.25, 0.3) is 0 Å². The van der Waals surface area contributed by atoms with Crippen LogP contribution in [0.25, 0.3) is 0 Å². The smallest absolute Gasteiger partial charge is 0.224 e. The molecule has 0 fully saturated rings. The largest absolute Gasteiger partial charge is 0.378 e. The lowest BCUT2D eigenvalue weighted by atomic mass is 10.1. The molecule has 0 unspecified atom stereocenters. The molecule has 1 heterocycles. The number of aromatic nitrogens is 2. The van der Waals surface area contributed by atoms with Crippen LogP contribution in [0.5, 0.6) is 0 Å². The van der Waals surface area contributed by atoms with Crippen molar-refractivity contribution in [1.82, 2.24) is 9.97 Å². The molecule has 26 heavy (non-hydrogen) atoms. The van der Waals surface area contributed by atoms with Gasteiger partial charge in [-0.3, -0.25) is 0 Å². The molecule has 6 heteroatoms. The molecular weight excluding hydrogens is 346 g/mol. The van der Waals surface area contributed by atoms with Gasteiger partial charge in [-0.25, -0.2) is 4.98 Å². The zero-order valence-corrected chi connectivity index (χ0v) is 15.7. The van der Waals surface area contributed by atoms with E-state index in [1.165, 1.54) is 5.56 Å². The van der Waals surface area contributed by atoms with Crippen LogP contribution in [0, 0.1) is 0 Å². The molecule has 3 aromatic rings. The number of hydrogen-bond donors (Lipinski definition) is 2. The normalized spacial score (nSPS) is 10.4. The van der Waals surface area contributed by atoms with Gasteiger partial charge in [-0.05, 0) is 54.4 Å². The van der Waals surface area contributed by atoms with Crippen molar-refractivity contribution >= 4 is 34.7 Å². The summed E-state index contributed by atoms with van der Waals surface area (Å²) in [4.78, 5) is 10.8. The number of benzene rings is 2. The molecule has 0 radical (unpaired) electrons. The van der Waals surface area contributed by atoms with Crippen LogP contribution in [-0.4, -0.2) is 30.6 Å². The van der Waals surface area contributed by atoms with Gasteiger partial charge in [-0.15, -0.1) is 0 Å². The lowest BCUT2D eigenvalue weighted by Gasteiger charge is -2.13. The standard InChI is InChI=1S/C20H22ClN5/c1-26(2)18-9-7-17(8-10-18)24-19-12-14-23-20(25-19)22-13-11-15-3-5-16(21)6-4-15/h3-10,12,14H,11,13H2,1-2H3,(H2,22,23,24,25). The van der Waals surface area contributed by atoms with Gasteiger partial charge >= 0.3 is 0 Å². The molecule has 134 valence electrons. The van der Waals surface area contributed by atoms with Gasteiger partial charge < -0.3 is 15.5 Å². The molecule has 0 atom stereocenters. The predicted molar refractivity (Wildman–Crippen MR) is 110 cm³/mol. The average Bonchev–Trinajstić information content (AvgIpc) is 2.64. The molecule has 3 rings (SSSR count). The summed E-state index contributed by atoms with van der Waals surface area (Å²) < 4.78 is 0. The van der Waals surface area contributed by atoms with E-state index in [0.717, 1.165) is 35.2 Å². The summed E-state index contributed by atoms with van der Waals surface area (Å²) in [6, 6.07) is 17.9. The van der Waals surface area contributed by atoms with Crippen LogP contribution in [0.4, 0.5) is 23.1 Å². The molecule has 2 N–H and O–H groups in total. The Morgan fingerprint density at radius 3 is 2.38 bits per heavy atom. The van der Waals surface area contributed by atoms with Gasteiger partial charge in [-0.2, -0.15) is 4.98 Å². The molecule has 0 bridgehead atoms. The van der Waals surface area contributed by atoms with Crippen molar-refractivity contribution in [1.29, 1.82) is 0 Å². The predicted octanol–water partition coefficient (Wildman–Crippen LogP) is 4.59. The summed E-state index contributed by atoms with van der Waals surface area (Å²) in [6.45, 7) is 0.753. The molecule has 0 aliphatic carbocycles. The van der Waals surface area contributed by atoms with Gasteiger partial charge in [0, 0.05) is 43.2 Å². The summed E-state index contributed by atoms with van der Waals surface area (Å²) in [5, 5.41) is 7.31. The Morgan fingerprint density at radius 1 is 0.962 bits per heavy atom. The van der Waals surface area contributed by atoms with Gasteiger partial charge in [0.1, 0.15) is 5.82 Å². The van der Waals surface area contributed by atoms with Crippen molar-refractivity contribution in [3.8, 4) is 0 Å². The van der Waals surface area contributed by atoms with Crippen LogP contribution in [0.3, 0.4) is 0 Å². The zero-order valence-electron chi connectivity index (χ0n) is 14.9. The zero-order chi connectivity index (χ0) is 18.4. The van der Waals surface area contributed by atoms with Gasteiger partial charge in [-0.1, -0.05) is 23.7 Å². The fourth-order valence-electron chi connectivity index (χ4n) is 2.47. The molecule has 0 spiro atoms. The van der Waals surface area contributed by atoms with Gasteiger partial charge in [0.05, 0.1) is 0 Å². The second-order valence-corrected chi connectivity index (χ2v) is 6.57. The number of rotatable bonds is 7. The van der Waals surface area contributed by atoms with Crippen molar-refractivity contribution < 1.29 is 0 Å². The number of halogens is 1. The van der Waals surface area contributed by atoms with E-state index in [4.69, 9.17) is 11.6 Å². The van der Waals surface area contributed by atoms with E-state index in [0.29, 0.717) is 5.95 Å². The van der Waals surface area contributed by atoms with Crippen molar-refractivity contribution in [2.24, 2.45) is 0 Å². The quantitative estimate of drug-likeness (QED) is 0.639.